The van der Waals surface area contributed by atoms with E-state index in [1.165, 1.54) is 0 Å². The van der Waals surface area contributed by atoms with Gasteiger partial charge < -0.3 is 10.4 Å². The number of rotatable bonds is 5. The first-order valence-electron chi connectivity index (χ1n) is 6.96. The molecule has 2 heterocycles. The largest absolute Gasteiger partial charge is 0.395 e. The Kier molecular flexibility index (Phi) is 3.62. The maximum absolute atomic E-state index is 12.8. The SMILES string of the molecule is Cc1sc2nc(CNCCO)n(C3CC3)c(=O)c2c1C. The number of fused-ring (bicyclic) bond motifs is 1. The van der Waals surface area contributed by atoms with Gasteiger partial charge in [-0.3, -0.25) is 9.36 Å². The van der Waals surface area contributed by atoms with Crippen LogP contribution in [-0.2, 0) is 6.54 Å². The van der Waals surface area contributed by atoms with Crippen molar-refractivity contribution in [3.8, 4) is 0 Å². The average Bonchev–Trinajstić information content (AvgIpc) is 3.18. The van der Waals surface area contributed by atoms with Crippen LogP contribution < -0.4 is 10.9 Å². The summed E-state index contributed by atoms with van der Waals surface area (Å²) in [5.41, 5.74) is 1.16. The Bertz CT molecular complexity index is 700. The molecule has 2 aromatic heterocycles. The third-order valence-corrected chi connectivity index (χ3v) is 4.89. The van der Waals surface area contributed by atoms with Crippen molar-refractivity contribution in [1.29, 1.82) is 0 Å². The number of hydrogen-bond acceptors (Lipinski definition) is 5. The van der Waals surface area contributed by atoms with Crippen LogP contribution in [0, 0.1) is 13.8 Å². The number of aromatic nitrogens is 2. The molecular weight excluding hydrogens is 274 g/mol. The van der Waals surface area contributed by atoms with E-state index in [1.807, 2.05) is 18.4 Å². The number of aryl methyl sites for hydroxylation is 2. The van der Waals surface area contributed by atoms with Crippen molar-refractivity contribution >= 4 is 21.6 Å². The van der Waals surface area contributed by atoms with E-state index in [0.29, 0.717) is 19.1 Å². The second-order valence-corrected chi connectivity index (χ2v) is 6.50. The first-order chi connectivity index (χ1) is 9.63. The van der Waals surface area contributed by atoms with Crippen molar-refractivity contribution in [2.24, 2.45) is 0 Å². The van der Waals surface area contributed by atoms with Gasteiger partial charge in [-0.1, -0.05) is 0 Å². The molecule has 0 radical (unpaired) electrons. The van der Waals surface area contributed by atoms with Crippen molar-refractivity contribution in [2.75, 3.05) is 13.2 Å². The molecule has 1 fully saturated rings. The van der Waals surface area contributed by atoms with Crippen molar-refractivity contribution in [1.82, 2.24) is 14.9 Å². The van der Waals surface area contributed by atoms with Crippen LogP contribution in [0.15, 0.2) is 4.79 Å². The number of aliphatic hydroxyl groups excluding tert-OH is 1. The van der Waals surface area contributed by atoms with Crippen LogP contribution >= 0.6 is 11.3 Å². The molecule has 6 heteroatoms. The van der Waals surface area contributed by atoms with Gasteiger partial charge in [-0.25, -0.2) is 4.98 Å². The van der Waals surface area contributed by atoms with E-state index in [9.17, 15) is 4.79 Å². The fourth-order valence-corrected chi connectivity index (χ4v) is 3.50. The van der Waals surface area contributed by atoms with Crippen LogP contribution in [0.1, 0.15) is 35.1 Å². The van der Waals surface area contributed by atoms with E-state index in [2.05, 4.69) is 10.3 Å². The van der Waals surface area contributed by atoms with Gasteiger partial charge in [-0.2, -0.15) is 0 Å². The minimum atomic E-state index is 0.0904. The smallest absolute Gasteiger partial charge is 0.262 e. The number of hydrogen-bond donors (Lipinski definition) is 2. The summed E-state index contributed by atoms with van der Waals surface area (Å²) in [4.78, 5) is 19.4. The molecule has 1 aliphatic rings. The van der Waals surface area contributed by atoms with Gasteiger partial charge >= 0.3 is 0 Å². The molecule has 0 atom stereocenters. The maximum atomic E-state index is 12.8. The topological polar surface area (TPSA) is 67.2 Å². The molecule has 5 nitrogen and oxygen atoms in total. The van der Waals surface area contributed by atoms with E-state index < -0.39 is 0 Å². The molecular formula is C14H19N3O2S. The highest BCUT2D eigenvalue weighted by Gasteiger charge is 2.29. The second kappa shape index (κ2) is 5.27. The molecule has 20 heavy (non-hydrogen) atoms. The molecule has 0 saturated heterocycles. The first kappa shape index (κ1) is 13.7. The molecule has 2 aromatic rings. The predicted octanol–water partition coefficient (Wildman–Crippen LogP) is 1.49. The Morgan fingerprint density at radius 3 is 2.85 bits per heavy atom. The predicted molar refractivity (Wildman–Crippen MR) is 80.4 cm³/mol. The van der Waals surface area contributed by atoms with Gasteiger partial charge in [0.25, 0.3) is 5.56 Å². The monoisotopic (exact) mass is 293 g/mol. The van der Waals surface area contributed by atoms with Crippen LogP contribution in [0.2, 0.25) is 0 Å². The van der Waals surface area contributed by atoms with E-state index in [1.54, 1.807) is 11.3 Å². The lowest BCUT2D eigenvalue weighted by Gasteiger charge is -2.12. The fourth-order valence-electron chi connectivity index (χ4n) is 2.46. The fraction of sp³-hybridized carbons (Fsp3) is 0.571. The summed E-state index contributed by atoms with van der Waals surface area (Å²) in [5, 5.41) is 12.8. The van der Waals surface area contributed by atoms with E-state index in [4.69, 9.17) is 5.11 Å². The Labute approximate surface area is 121 Å². The molecule has 1 saturated carbocycles. The molecule has 0 unspecified atom stereocenters. The standard InChI is InChI=1S/C14H19N3O2S/c1-8-9(2)20-13-12(8)14(19)17(10-3-4-10)11(16-13)7-15-5-6-18/h10,15,18H,3-7H2,1-2H3. The summed E-state index contributed by atoms with van der Waals surface area (Å²) in [6.07, 6.45) is 2.12. The van der Waals surface area contributed by atoms with Crippen LogP contribution in [0.5, 0.6) is 0 Å². The molecule has 1 aliphatic carbocycles. The summed E-state index contributed by atoms with van der Waals surface area (Å²) in [5.74, 6) is 0.791. The summed E-state index contributed by atoms with van der Waals surface area (Å²) in [7, 11) is 0. The van der Waals surface area contributed by atoms with E-state index in [0.717, 1.165) is 39.3 Å². The highest BCUT2D eigenvalue weighted by atomic mass is 32.1. The van der Waals surface area contributed by atoms with Crippen molar-refractivity contribution in [3.05, 3.63) is 26.6 Å². The minimum Gasteiger partial charge on any atom is -0.395 e. The number of nitrogens with zero attached hydrogens (tertiary/aromatic N) is 2. The normalized spacial score (nSPS) is 15.2. The first-order valence-corrected chi connectivity index (χ1v) is 7.77. The van der Waals surface area contributed by atoms with Crippen LogP contribution in [0.25, 0.3) is 10.2 Å². The molecule has 3 rings (SSSR count). The quantitative estimate of drug-likeness (QED) is 0.820. The molecule has 0 aliphatic heterocycles. The van der Waals surface area contributed by atoms with Gasteiger partial charge in [0.2, 0.25) is 0 Å². The minimum absolute atomic E-state index is 0.0904. The van der Waals surface area contributed by atoms with E-state index >= 15 is 0 Å². The summed E-state index contributed by atoms with van der Waals surface area (Å²) >= 11 is 1.59. The zero-order valence-electron chi connectivity index (χ0n) is 11.8. The van der Waals surface area contributed by atoms with Gasteiger partial charge in [0.05, 0.1) is 18.5 Å². The molecule has 0 bridgehead atoms. The number of nitrogens with one attached hydrogen (secondary N) is 1. The highest BCUT2D eigenvalue weighted by Crippen LogP contribution is 2.36. The third-order valence-electron chi connectivity index (χ3n) is 3.79. The number of aliphatic hydroxyl groups is 1. The molecule has 0 aromatic carbocycles. The summed E-state index contributed by atoms with van der Waals surface area (Å²) in [6.45, 7) is 5.16. The van der Waals surface area contributed by atoms with Crippen LogP contribution in [0.3, 0.4) is 0 Å². The lowest BCUT2D eigenvalue weighted by Crippen LogP contribution is -2.28. The maximum Gasteiger partial charge on any atom is 0.262 e. The van der Waals surface area contributed by atoms with Gasteiger partial charge in [-0.05, 0) is 32.3 Å². The van der Waals surface area contributed by atoms with Crippen LogP contribution in [0.4, 0.5) is 0 Å². The lowest BCUT2D eigenvalue weighted by molar-refractivity contribution is 0.291. The van der Waals surface area contributed by atoms with Gasteiger partial charge in [-0.15, -0.1) is 11.3 Å². The zero-order valence-corrected chi connectivity index (χ0v) is 12.6. The van der Waals surface area contributed by atoms with Crippen molar-refractivity contribution in [2.45, 2.75) is 39.3 Å². The molecule has 108 valence electrons. The van der Waals surface area contributed by atoms with E-state index in [-0.39, 0.29) is 12.2 Å². The van der Waals surface area contributed by atoms with Gasteiger partial charge in [0.1, 0.15) is 10.7 Å². The van der Waals surface area contributed by atoms with Gasteiger partial charge in [0.15, 0.2) is 0 Å². The summed E-state index contributed by atoms with van der Waals surface area (Å²) in [6, 6.07) is 0.310. The second-order valence-electron chi connectivity index (χ2n) is 5.30. The molecule has 0 amide bonds. The summed E-state index contributed by atoms with van der Waals surface area (Å²) < 4.78 is 1.85. The highest BCUT2D eigenvalue weighted by molar-refractivity contribution is 7.18. The number of thiophene rings is 1. The zero-order chi connectivity index (χ0) is 14.3. The Morgan fingerprint density at radius 2 is 2.20 bits per heavy atom. The Balaban J connectivity index is 2.13. The van der Waals surface area contributed by atoms with Crippen LogP contribution in [-0.4, -0.2) is 27.8 Å². The third kappa shape index (κ3) is 2.28. The Morgan fingerprint density at radius 1 is 1.45 bits per heavy atom. The van der Waals surface area contributed by atoms with Crippen molar-refractivity contribution < 1.29 is 5.11 Å². The lowest BCUT2D eigenvalue weighted by atomic mass is 10.2. The average molecular weight is 293 g/mol. The molecule has 2 N–H and O–H groups in total. The van der Waals surface area contributed by atoms with Gasteiger partial charge in [0, 0.05) is 17.5 Å². The molecule has 0 spiro atoms. The Hall–Kier alpha value is -1.24. The van der Waals surface area contributed by atoms with Crippen molar-refractivity contribution in [3.63, 3.8) is 0 Å².